The lowest BCUT2D eigenvalue weighted by Crippen LogP contribution is -2.50. The van der Waals surface area contributed by atoms with E-state index in [2.05, 4.69) is 10.2 Å². The van der Waals surface area contributed by atoms with Crippen molar-refractivity contribution in [3.8, 4) is 0 Å². The van der Waals surface area contributed by atoms with E-state index in [0.717, 1.165) is 11.3 Å². The number of halogens is 3. The zero-order valence-corrected chi connectivity index (χ0v) is 15.2. The first-order valence-corrected chi connectivity index (χ1v) is 8.72. The van der Waals surface area contributed by atoms with Crippen molar-refractivity contribution < 1.29 is 9.18 Å². The number of benzene rings is 2. The highest BCUT2D eigenvalue weighted by molar-refractivity contribution is 6.31. The van der Waals surface area contributed by atoms with Gasteiger partial charge in [0.2, 0.25) is 0 Å². The molecule has 1 heterocycles. The van der Waals surface area contributed by atoms with Crippen LogP contribution in [0.1, 0.15) is 5.56 Å². The number of piperazine rings is 1. The van der Waals surface area contributed by atoms with Gasteiger partial charge in [0, 0.05) is 42.6 Å². The number of urea groups is 1. The quantitative estimate of drug-likeness (QED) is 0.810. The zero-order valence-electron chi connectivity index (χ0n) is 13.7. The van der Waals surface area contributed by atoms with Crippen LogP contribution in [0.4, 0.5) is 20.6 Å². The summed E-state index contributed by atoms with van der Waals surface area (Å²) in [6, 6.07) is 9.95. The van der Waals surface area contributed by atoms with E-state index >= 15 is 0 Å². The molecule has 7 heteroatoms. The number of anilines is 2. The van der Waals surface area contributed by atoms with Gasteiger partial charge in [-0.15, -0.1) is 0 Å². The molecule has 0 spiro atoms. The second-order valence-electron chi connectivity index (χ2n) is 5.92. The Morgan fingerprint density at radius 3 is 2.48 bits per heavy atom. The number of nitrogens with one attached hydrogen (secondary N) is 1. The number of nitrogens with zero attached hydrogens (tertiary/aromatic N) is 2. The molecule has 1 saturated heterocycles. The fourth-order valence-corrected chi connectivity index (χ4v) is 3.14. The van der Waals surface area contributed by atoms with Crippen LogP contribution >= 0.6 is 23.2 Å². The monoisotopic (exact) mass is 381 g/mol. The summed E-state index contributed by atoms with van der Waals surface area (Å²) < 4.78 is 13.3. The number of hydrogen-bond donors (Lipinski definition) is 1. The van der Waals surface area contributed by atoms with E-state index in [1.54, 1.807) is 29.2 Å². The molecule has 2 aromatic carbocycles. The van der Waals surface area contributed by atoms with Crippen molar-refractivity contribution in [2.24, 2.45) is 0 Å². The van der Waals surface area contributed by atoms with Crippen molar-refractivity contribution in [2.75, 3.05) is 36.4 Å². The normalized spacial score (nSPS) is 14.6. The fourth-order valence-electron chi connectivity index (χ4n) is 2.79. The molecule has 0 unspecified atom stereocenters. The second-order valence-corrected chi connectivity index (χ2v) is 6.73. The Kier molecular flexibility index (Phi) is 5.35. The first kappa shape index (κ1) is 17.8. The molecule has 25 heavy (non-hydrogen) atoms. The highest BCUT2D eigenvalue weighted by Crippen LogP contribution is 2.25. The Bertz CT molecular complexity index is 792. The molecule has 4 nitrogen and oxygen atoms in total. The lowest BCUT2D eigenvalue weighted by molar-refractivity contribution is 0.208. The summed E-state index contributed by atoms with van der Waals surface area (Å²) in [4.78, 5) is 16.3. The Labute approximate surface area is 156 Å². The van der Waals surface area contributed by atoms with Crippen LogP contribution in [0.15, 0.2) is 36.4 Å². The molecule has 1 N–H and O–H groups in total. The van der Waals surface area contributed by atoms with Crippen LogP contribution in [-0.2, 0) is 0 Å². The molecule has 0 radical (unpaired) electrons. The molecule has 1 fully saturated rings. The van der Waals surface area contributed by atoms with Gasteiger partial charge >= 0.3 is 6.03 Å². The van der Waals surface area contributed by atoms with E-state index in [4.69, 9.17) is 23.2 Å². The van der Waals surface area contributed by atoms with E-state index < -0.39 is 5.82 Å². The smallest absolute Gasteiger partial charge is 0.321 e. The summed E-state index contributed by atoms with van der Waals surface area (Å²) in [5.74, 6) is -0.430. The average Bonchev–Trinajstić information content (AvgIpc) is 2.61. The summed E-state index contributed by atoms with van der Waals surface area (Å²) in [6.45, 7) is 4.32. The molecular weight excluding hydrogens is 364 g/mol. The third-order valence-electron chi connectivity index (χ3n) is 4.34. The van der Waals surface area contributed by atoms with Gasteiger partial charge in [-0.05, 0) is 42.8 Å². The van der Waals surface area contributed by atoms with E-state index in [-0.39, 0.29) is 11.1 Å². The fraction of sp³-hybridized carbons (Fsp3) is 0.278. The van der Waals surface area contributed by atoms with E-state index in [0.29, 0.717) is 36.9 Å². The van der Waals surface area contributed by atoms with Crippen LogP contribution in [0.25, 0.3) is 0 Å². The number of carbonyl (C=O) groups excluding carboxylic acids is 1. The van der Waals surface area contributed by atoms with Crippen molar-refractivity contribution in [3.05, 3.63) is 57.8 Å². The molecule has 3 rings (SSSR count). The molecule has 0 aromatic heterocycles. The minimum atomic E-state index is -0.430. The molecule has 2 amide bonds. The minimum absolute atomic E-state index is 0.106. The van der Waals surface area contributed by atoms with Crippen molar-refractivity contribution in [3.63, 3.8) is 0 Å². The SMILES string of the molecule is Cc1c(Cl)cccc1NC(=O)N1CCN(c2ccc(F)c(Cl)c2)CC1. The van der Waals surface area contributed by atoms with Crippen molar-refractivity contribution >= 4 is 40.6 Å². The van der Waals surface area contributed by atoms with Gasteiger partial charge < -0.3 is 15.1 Å². The number of amides is 2. The van der Waals surface area contributed by atoms with Crippen LogP contribution in [0.2, 0.25) is 10.0 Å². The second kappa shape index (κ2) is 7.50. The van der Waals surface area contributed by atoms with Crippen LogP contribution in [0.5, 0.6) is 0 Å². The summed E-state index contributed by atoms with van der Waals surface area (Å²) in [6.07, 6.45) is 0. The van der Waals surface area contributed by atoms with Gasteiger partial charge in [0.15, 0.2) is 0 Å². The predicted molar refractivity (Wildman–Crippen MR) is 100 cm³/mol. The molecule has 0 aliphatic carbocycles. The Morgan fingerprint density at radius 1 is 1.08 bits per heavy atom. The van der Waals surface area contributed by atoms with E-state index in [1.807, 2.05) is 13.0 Å². The van der Waals surface area contributed by atoms with Crippen molar-refractivity contribution in [1.29, 1.82) is 0 Å². The maximum Gasteiger partial charge on any atom is 0.321 e. The summed E-state index contributed by atoms with van der Waals surface area (Å²) in [5, 5.41) is 3.63. The molecule has 2 aromatic rings. The van der Waals surface area contributed by atoms with Crippen molar-refractivity contribution in [1.82, 2.24) is 4.90 Å². The summed E-state index contributed by atoms with van der Waals surface area (Å²) in [5.41, 5.74) is 2.42. The van der Waals surface area contributed by atoms with Crippen LogP contribution < -0.4 is 10.2 Å². The van der Waals surface area contributed by atoms with Crippen LogP contribution in [-0.4, -0.2) is 37.1 Å². The van der Waals surface area contributed by atoms with Gasteiger partial charge in [-0.25, -0.2) is 9.18 Å². The van der Waals surface area contributed by atoms with Crippen LogP contribution in [0, 0.1) is 12.7 Å². The predicted octanol–water partition coefficient (Wildman–Crippen LogP) is 4.80. The Morgan fingerprint density at radius 2 is 1.80 bits per heavy atom. The Balaban J connectivity index is 1.60. The van der Waals surface area contributed by atoms with Gasteiger partial charge in [-0.2, -0.15) is 0 Å². The van der Waals surface area contributed by atoms with Gasteiger partial charge in [-0.3, -0.25) is 0 Å². The molecule has 0 atom stereocenters. The van der Waals surface area contributed by atoms with Gasteiger partial charge in [0.25, 0.3) is 0 Å². The summed E-state index contributed by atoms with van der Waals surface area (Å²) >= 11 is 11.9. The third-order valence-corrected chi connectivity index (χ3v) is 5.04. The molecule has 1 aliphatic heterocycles. The van der Waals surface area contributed by atoms with E-state index in [9.17, 15) is 9.18 Å². The molecule has 0 saturated carbocycles. The maximum atomic E-state index is 13.3. The molecular formula is C18H18Cl2FN3O. The molecule has 1 aliphatic rings. The van der Waals surface area contributed by atoms with E-state index in [1.165, 1.54) is 6.07 Å². The van der Waals surface area contributed by atoms with Crippen LogP contribution in [0.3, 0.4) is 0 Å². The Hall–Kier alpha value is -1.98. The van der Waals surface area contributed by atoms with Gasteiger partial charge in [-0.1, -0.05) is 29.3 Å². The zero-order chi connectivity index (χ0) is 18.0. The standard InChI is InChI=1S/C18H18Cl2FN3O/c1-12-14(19)3-2-4-17(12)22-18(25)24-9-7-23(8-10-24)13-5-6-16(21)15(20)11-13/h2-6,11H,7-10H2,1H3,(H,22,25). The minimum Gasteiger partial charge on any atom is -0.368 e. The molecule has 132 valence electrons. The summed E-state index contributed by atoms with van der Waals surface area (Å²) in [7, 11) is 0. The number of hydrogen-bond acceptors (Lipinski definition) is 2. The lowest BCUT2D eigenvalue weighted by Gasteiger charge is -2.36. The molecule has 0 bridgehead atoms. The number of rotatable bonds is 2. The highest BCUT2D eigenvalue weighted by atomic mass is 35.5. The highest BCUT2D eigenvalue weighted by Gasteiger charge is 2.22. The third kappa shape index (κ3) is 3.99. The number of carbonyl (C=O) groups is 1. The van der Waals surface area contributed by atoms with Gasteiger partial charge in [0.1, 0.15) is 5.82 Å². The van der Waals surface area contributed by atoms with Gasteiger partial charge in [0.05, 0.1) is 5.02 Å². The first-order valence-electron chi connectivity index (χ1n) is 7.97. The first-order chi connectivity index (χ1) is 12.0. The van der Waals surface area contributed by atoms with Crippen molar-refractivity contribution in [2.45, 2.75) is 6.92 Å². The average molecular weight is 382 g/mol. The largest absolute Gasteiger partial charge is 0.368 e. The topological polar surface area (TPSA) is 35.6 Å². The lowest BCUT2D eigenvalue weighted by atomic mass is 10.2. The maximum absolute atomic E-state index is 13.3.